The van der Waals surface area contributed by atoms with Gasteiger partial charge >= 0.3 is 0 Å². The van der Waals surface area contributed by atoms with Gasteiger partial charge in [-0.2, -0.15) is 0 Å². The van der Waals surface area contributed by atoms with Crippen LogP contribution in [-0.2, 0) is 4.79 Å². The molecule has 0 aromatic heterocycles. The lowest BCUT2D eigenvalue weighted by Gasteiger charge is -2.11. The van der Waals surface area contributed by atoms with E-state index in [1.807, 2.05) is 0 Å². The first-order chi connectivity index (χ1) is 4.75. The summed E-state index contributed by atoms with van der Waals surface area (Å²) in [6.07, 6.45) is 3.91. The highest BCUT2D eigenvalue weighted by molar-refractivity contribution is 5.33. The predicted octanol–water partition coefficient (Wildman–Crippen LogP) is 1.76. The fourth-order valence-corrected chi connectivity index (χ4v) is 1.59. The number of nitrogens with zero attached hydrogens (tertiary/aromatic N) is 1. The molecule has 1 saturated carbocycles. The van der Waals surface area contributed by atoms with Gasteiger partial charge < -0.3 is 0 Å². The van der Waals surface area contributed by atoms with Gasteiger partial charge in [0.25, 0.3) is 0 Å². The number of rotatable bonds is 1. The summed E-state index contributed by atoms with van der Waals surface area (Å²) >= 11 is 0. The van der Waals surface area contributed by atoms with Gasteiger partial charge in [-0.15, -0.1) is 0 Å². The SMILES string of the molecule is CC1CCC(N=C=O)C1C. The molecule has 1 fully saturated rings. The Morgan fingerprint density at radius 1 is 1.40 bits per heavy atom. The molecule has 1 rings (SSSR count). The average Bonchev–Trinajstić information content (AvgIpc) is 2.20. The molecule has 0 spiro atoms. The first kappa shape index (κ1) is 7.49. The first-order valence-corrected chi connectivity index (χ1v) is 3.82. The molecule has 0 N–H and O–H groups in total. The molecule has 0 heterocycles. The molecule has 56 valence electrons. The minimum absolute atomic E-state index is 0.257. The minimum Gasteiger partial charge on any atom is -0.211 e. The summed E-state index contributed by atoms with van der Waals surface area (Å²) in [6.45, 7) is 4.37. The maximum absolute atomic E-state index is 9.92. The lowest BCUT2D eigenvalue weighted by Crippen LogP contribution is -2.11. The Hall–Kier alpha value is -0.620. The number of hydrogen-bond donors (Lipinski definition) is 0. The monoisotopic (exact) mass is 139 g/mol. The lowest BCUT2D eigenvalue weighted by atomic mass is 9.98. The number of hydrogen-bond acceptors (Lipinski definition) is 2. The predicted molar refractivity (Wildman–Crippen MR) is 39.5 cm³/mol. The molecule has 0 aromatic rings. The highest BCUT2D eigenvalue weighted by atomic mass is 16.1. The fraction of sp³-hybridized carbons (Fsp3) is 0.875. The Bertz CT molecular complexity index is 161. The molecule has 2 heteroatoms. The molecule has 0 aromatic carbocycles. The van der Waals surface area contributed by atoms with Crippen LogP contribution < -0.4 is 0 Å². The second kappa shape index (κ2) is 2.98. The van der Waals surface area contributed by atoms with E-state index in [0.717, 1.165) is 12.3 Å². The van der Waals surface area contributed by atoms with E-state index in [1.165, 1.54) is 6.42 Å². The summed E-state index contributed by atoms with van der Waals surface area (Å²) in [5.74, 6) is 1.29. The zero-order chi connectivity index (χ0) is 7.56. The standard InChI is InChI=1S/C8H13NO/c1-6-3-4-8(7(6)2)9-5-10/h6-8H,3-4H2,1-2H3. The Morgan fingerprint density at radius 2 is 2.10 bits per heavy atom. The van der Waals surface area contributed by atoms with Crippen LogP contribution in [0.25, 0.3) is 0 Å². The number of aliphatic imine (C=N–C) groups is 1. The normalized spacial score (nSPS) is 39.2. The van der Waals surface area contributed by atoms with Gasteiger partial charge in [0.05, 0.1) is 6.04 Å². The van der Waals surface area contributed by atoms with E-state index in [0.29, 0.717) is 5.92 Å². The molecule has 0 amide bonds. The van der Waals surface area contributed by atoms with Crippen molar-refractivity contribution in [3.05, 3.63) is 0 Å². The molecule has 1 aliphatic carbocycles. The van der Waals surface area contributed by atoms with Gasteiger partial charge in [-0.3, -0.25) is 0 Å². The molecule has 2 nitrogen and oxygen atoms in total. The third-order valence-electron chi connectivity index (χ3n) is 2.64. The van der Waals surface area contributed by atoms with Crippen molar-refractivity contribution in [2.75, 3.05) is 0 Å². The highest BCUT2D eigenvalue weighted by Crippen LogP contribution is 2.32. The van der Waals surface area contributed by atoms with Crippen molar-refractivity contribution in [1.29, 1.82) is 0 Å². The highest BCUT2D eigenvalue weighted by Gasteiger charge is 2.29. The van der Waals surface area contributed by atoms with Crippen LogP contribution in [-0.4, -0.2) is 12.1 Å². The van der Waals surface area contributed by atoms with Crippen molar-refractivity contribution in [2.45, 2.75) is 32.7 Å². The van der Waals surface area contributed by atoms with Gasteiger partial charge in [0, 0.05) is 0 Å². The summed E-state index contributed by atoms with van der Waals surface area (Å²) in [6, 6.07) is 0.257. The molecule has 3 atom stereocenters. The summed E-state index contributed by atoms with van der Waals surface area (Å²) in [4.78, 5) is 13.7. The van der Waals surface area contributed by atoms with Gasteiger partial charge in [0.1, 0.15) is 0 Å². The van der Waals surface area contributed by atoms with Crippen LogP contribution in [0.15, 0.2) is 4.99 Å². The zero-order valence-electron chi connectivity index (χ0n) is 6.50. The Kier molecular flexibility index (Phi) is 2.23. The van der Waals surface area contributed by atoms with Gasteiger partial charge in [-0.1, -0.05) is 13.8 Å². The average molecular weight is 139 g/mol. The Morgan fingerprint density at radius 3 is 2.50 bits per heavy atom. The molecule has 1 aliphatic rings. The van der Waals surface area contributed by atoms with E-state index in [9.17, 15) is 4.79 Å². The summed E-state index contributed by atoms with van der Waals surface area (Å²) in [5, 5.41) is 0. The van der Waals surface area contributed by atoms with E-state index >= 15 is 0 Å². The van der Waals surface area contributed by atoms with E-state index in [4.69, 9.17) is 0 Å². The molecule has 3 unspecified atom stereocenters. The maximum Gasteiger partial charge on any atom is 0.235 e. The molecule has 0 aliphatic heterocycles. The fourth-order valence-electron chi connectivity index (χ4n) is 1.59. The van der Waals surface area contributed by atoms with Crippen LogP contribution in [0.1, 0.15) is 26.7 Å². The van der Waals surface area contributed by atoms with Crippen LogP contribution in [0.5, 0.6) is 0 Å². The van der Waals surface area contributed by atoms with Gasteiger partial charge in [-0.25, -0.2) is 9.79 Å². The quantitative estimate of drug-likeness (QED) is 0.402. The second-order valence-corrected chi connectivity index (χ2v) is 3.20. The zero-order valence-corrected chi connectivity index (χ0v) is 6.50. The van der Waals surface area contributed by atoms with E-state index in [1.54, 1.807) is 6.08 Å². The van der Waals surface area contributed by atoms with Crippen LogP contribution in [0.4, 0.5) is 0 Å². The maximum atomic E-state index is 9.92. The van der Waals surface area contributed by atoms with Crippen LogP contribution in [0.3, 0.4) is 0 Å². The van der Waals surface area contributed by atoms with Crippen LogP contribution >= 0.6 is 0 Å². The van der Waals surface area contributed by atoms with Gasteiger partial charge in [0.2, 0.25) is 6.08 Å². The van der Waals surface area contributed by atoms with Crippen molar-refractivity contribution in [2.24, 2.45) is 16.8 Å². The van der Waals surface area contributed by atoms with Crippen molar-refractivity contribution in [3.63, 3.8) is 0 Å². The summed E-state index contributed by atoms with van der Waals surface area (Å²) in [5.41, 5.74) is 0. The second-order valence-electron chi connectivity index (χ2n) is 3.20. The van der Waals surface area contributed by atoms with E-state index < -0.39 is 0 Å². The summed E-state index contributed by atoms with van der Waals surface area (Å²) < 4.78 is 0. The smallest absolute Gasteiger partial charge is 0.211 e. The Balaban J connectivity index is 2.56. The van der Waals surface area contributed by atoms with Crippen molar-refractivity contribution in [3.8, 4) is 0 Å². The molecular weight excluding hydrogens is 126 g/mol. The van der Waals surface area contributed by atoms with Crippen molar-refractivity contribution < 1.29 is 4.79 Å². The number of carbonyl (C=O) groups excluding carboxylic acids is 1. The third-order valence-corrected chi connectivity index (χ3v) is 2.64. The van der Waals surface area contributed by atoms with E-state index in [2.05, 4.69) is 18.8 Å². The largest absolute Gasteiger partial charge is 0.235 e. The van der Waals surface area contributed by atoms with Crippen LogP contribution in [0.2, 0.25) is 0 Å². The van der Waals surface area contributed by atoms with E-state index in [-0.39, 0.29) is 6.04 Å². The van der Waals surface area contributed by atoms with Gasteiger partial charge in [-0.05, 0) is 24.7 Å². The van der Waals surface area contributed by atoms with Gasteiger partial charge in [0.15, 0.2) is 0 Å². The third kappa shape index (κ3) is 1.27. The lowest BCUT2D eigenvalue weighted by molar-refractivity contribution is 0.421. The molecule has 10 heavy (non-hydrogen) atoms. The molecule has 0 bridgehead atoms. The summed E-state index contributed by atoms with van der Waals surface area (Å²) in [7, 11) is 0. The topological polar surface area (TPSA) is 29.4 Å². The molecule has 0 saturated heterocycles. The van der Waals surface area contributed by atoms with Crippen LogP contribution in [0, 0.1) is 11.8 Å². The Labute approximate surface area is 61.3 Å². The van der Waals surface area contributed by atoms with Crippen molar-refractivity contribution >= 4 is 6.08 Å². The molecule has 0 radical (unpaired) electrons. The van der Waals surface area contributed by atoms with Crippen molar-refractivity contribution in [1.82, 2.24) is 0 Å². The first-order valence-electron chi connectivity index (χ1n) is 3.82. The molecular formula is C8H13NO. The number of isocyanates is 1. The minimum atomic E-state index is 0.257.